The van der Waals surface area contributed by atoms with Crippen LogP contribution in [0.1, 0.15) is 21.7 Å². The Labute approximate surface area is 113 Å². The first-order valence-electron chi connectivity index (χ1n) is 5.19. The Hall–Kier alpha value is -1.30. The minimum absolute atomic E-state index is 0.138. The van der Waals surface area contributed by atoms with Crippen molar-refractivity contribution in [2.24, 2.45) is 0 Å². The normalized spacial score (nSPS) is 10.3. The molecule has 0 aliphatic rings. The van der Waals surface area contributed by atoms with E-state index < -0.39 is 0 Å². The van der Waals surface area contributed by atoms with E-state index in [0.29, 0.717) is 11.3 Å². The molecule has 0 aliphatic heterocycles. The van der Waals surface area contributed by atoms with Crippen molar-refractivity contribution in [2.45, 2.75) is 13.8 Å². The third-order valence-electron chi connectivity index (χ3n) is 2.54. The highest BCUT2D eigenvalue weighted by atomic mass is 127. The van der Waals surface area contributed by atoms with E-state index in [2.05, 4.69) is 27.9 Å². The van der Waals surface area contributed by atoms with E-state index in [-0.39, 0.29) is 5.91 Å². The molecule has 0 radical (unpaired) electrons. The van der Waals surface area contributed by atoms with E-state index in [1.54, 1.807) is 13.0 Å². The van der Waals surface area contributed by atoms with Gasteiger partial charge < -0.3 is 9.73 Å². The van der Waals surface area contributed by atoms with Gasteiger partial charge in [-0.05, 0) is 66.3 Å². The summed E-state index contributed by atoms with van der Waals surface area (Å²) in [6.07, 6.45) is 1.52. The van der Waals surface area contributed by atoms with E-state index in [9.17, 15) is 4.79 Å². The van der Waals surface area contributed by atoms with Gasteiger partial charge in [-0.1, -0.05) is 0 Å². The second-order valence-corrected chi connectivity index (χ2v) is 5.05. The van der Waals surface area contributed by atoms with E-state index in [1.165, 1.54) is 6.26 Å². The van der Waals surface area contributed by atoms with Crippen LogP contribution in [-0.2, 0) is 0 Å². The third-order valence-corrected chi connectivity index (χ3v) is 3.21. The quantitative estimate of drug-likeness (QED) is 0.846. The highest BCUT2D eigenvalue weighted by Gasteiger charge is 2.12. The van der Waals surface area contributed by atoms with Crippen LogP contribution in [0.5, 0.6) is 0 Å². The zero-order valence-corrected chi connectivity index (χ0v) is 11.7. The van der Waals surface area contributed by atoms with Crippen LogP contribution in [0, 0.1) is 17.4 Å². The summed E-state index contributed by atoms with van der Waals surface area (Å²) in [4.78, 5) is 12.0. The summed E-state index contributed by atoms with van der Waals surface area (Å²) >= 11 is 2.24. The molecular weight excluding hydrogens is 329 g/mol. The maximum atomic E-state index is 12.0. The van der Waals surface area contributed by atoms with Crippen molar-refractivity contribution >= 4 is 34.2 Å². The highest BCUT2D eigenvalue weighted by Crippen LogP contribution is 2.19. The van der Waals surface area contributed by atoms with Crippen LogP contribution in [0.25, 0.3) is 0 Å². The van der Waals surface area contributed by atoms with E-state index >= 15 is 0 Å². The number of carbonyl (C=O) groups excluding carboxylic acids is 1. The van der Waals surface area contributed by atoms with Crippen molar-refractivity contribution in [3.8, 4) is 0 Å². The Morgan fingerprint density at radius 2 is 2.06 bits per heavy atom. The molecule has 17 heavy (non-hydrogen) atoms. The number of amides is 1. The van der Waals surface area contributed by atoms with Gasteiger partial charge in [0.1, 0.15) is 5.76 Å². The molecular formula is C13H12INO2. The molecule has 3 nitrogen and oxygen atoms in total. The Morgan fingerprint density at radius 3 is 2.65 bits per heavy atom. The first-order valence-corrected chi connectivity index (χ1v) is 6.27. The van der Waals surface area contributed by atoms with Gasteiger partial charge in [0.2, 0.25) is 0 Å². The van der Waals surface area contributed by atoms with Crippen molar-refractivity contribution in [3.05, 3.63) is 51.0 Å². The van der Waals surface area contributed by atoms with Crippen LogP contribution in [0.2, 0.25) is 0 Å². The molecule has 0 bridgehead atoms. The number of carbonyl (C=O) groups is 1. The van der Waals surface area contributed by atoms with Crippen LogP contribution in [0.4, 0.5) is 5.69 Å². The number of benzene rings is 1. The molecule has 4 heteroatoms. The van der Waals surface area contributed by atoms with Gasteiger partial charge in [0.05, 0.1) is 11.8 Å². The van der Waals surface area contributed by atoms with Gasteiger partial charge in [0, 0.05) is 9.26 Å². The lowest BCUT2D eigenvalue weighted by Crippen LogP contribution is -2.13. The highest BCUT2D eigenvalue weighted by molar-refractivity contribution is 14.1. The number of furan rings is 1. The van der Waals surface area contributed by atoms with Crippen LogP contribution in [0.15, 0.2) is 34.9 Å². The lowest BCUT2D eigenvalue weighted by molar-refractivity contribution is 0.102. The molecule has 0 saturated carbocycles. The zero-order valence-electron chi connectivity index (χ0n) is 9.58. The number of rotatable bonds is 2. The van der Waals surface area contributed by atoms with E-state index in [0.717, 1.165) is 14.8 Å². The minimum Gasteiger partial charge on any atom is -0.469 e. The molecule has 1 N–H and O–H groups in total. The molecule has 0 unspecified atom stereocenters. The average Bonchev–Trinajstić information content (AvgIpc) is 2.68. The molecule has 2 aromatic rings. The molecule has 1 aromatic heterocycles. The molecule has 1 heterocycles. The number of aryl methyl sites for hydroxylation is 2. The van der Waals surface area contributed by atoms with Gasteiger partial charge in [-0.3, -0.25) is 4.79 Å². The molecule has 2 rings (SSSR count). The Bertz CT molecular complexity index is 560. The summed E-state index contributed by atoms with van der Waals surface area (Å²) < 4.78 is 6.26. The summed E-state index contributed by atoms with van der Waals surface area (Å²) in [5.41, 5.74) is 2.45. The van der Waals surface area contributed by atoms with Gasteiger partial charge in [0.15, 0.2) is 0 Å². The predicted molar refractivity (Wildman–Crippen MR) is 75.3 cm³/mol. The molecule has 0 fully saturated rings. The maximum absolute atomic E-state index is 12.0. The molecule has 1 amide bonds. The summed E-state index contributed by atoms with van der Waals surface area (Å²) in [6.45, 7) is 3.75. The second-order valence-electron chi connectivity index (χ2n) is 3.80. The van der Waals surface area contributed by atoms with Gasteiger partial charge >= 0.3 is 0 Å². The summed E-state index contributed by atoms with van der Waals surface area (Å²) in [6, 6.07) is 7.57. The maximum Gasteiger partial charge on any atom is 0.259 e. The SMILES string of the molecule is Cc1cc(I)ccc1NC(=O)c1ccoc1C. The molecule has 0 aliphatic carbocycles. The van der Waals surface area contributed by atoms with Gasteiger partial charge in [-0.2, -0.15) is 0 Å². The van der Waals surface area contributed by atoms with Crippen LogP contribution < -0.4 is 5.32 Å². The molecule has 1 aromatic carbocycles. The van der Waals surface area contributed by atoms with E-state index in [4.69, 9.17) is 4.42 Å². The van der Waals surface area contributed by atoms with Crippen molar-refractivity contribution in [3.63, 3.8) is 0 Å². The molecule has 0 spiro atoms. The van der Waals surface area contributed by atoms with Crippen LogP contribution >= 0.6 is 22.6 Å². The molecule has 0 saturated heterocycles. The Morgan fingerprint density at radius 1 is 1.29 bits per heavy atom. The number of nitrogens with one attached hydrogen (secondary N) is 1. The number of hydrogen-bond acceptors (Lipinski definition) is 2. The smallest absolute Gasteiger partial charge is 0.259 e. The van der Waals surface area contributed by atoms with Crippen molar-refractivity contribution in [1.82, 2.24) is 0 Å². The summed E-state index contributed by atoms with van der Waals surface area (Å²) in [5, 5.41) is 2.88. The van der Waals surface area contributed by atoms with Gasteiger partial charge in [-0.25, -0.2) is 0 Å². The van der Waals surface area contributed by atoms with Crippen LogP contribution in [-0.4, -0.2) is 5.91 Å². The lowest BCUT2D eigenvalue weighted by Gasteiger charge is -2.08. The molecule has 0 atom stereocenters. The van der Waals surface area contributed by atoms with Crippen molar-refractivity contribution in [1.29, 1.82) is 0 Å². The largest absolute Gasteiger partial charge is 0.469 e. The standard InChI is InChI=1S/C13H12INO2/c1-8-7-10(14)3-4-12(8)15-13(16)11-5-6-17-9(11)2/h3-7H,1-2H3,(H,15,16). The third kappa shape index (κ3) is 2.69. The number of anilines is 1. The second kappa shape index (κ2) is 4.91. The number of halogens is 1. The van der Waals surface area contributed by atoms with Gasteiger partial charge in [0.25, 0.3) is 5.91 Å². The Kier molecular flexibility index (Phi) is 3.51. The topological polar surface area (TPSA) is 42.2 Å². The predicted octanol–water partition coefficient (Wildman–Crippen LogP) is 3.75. The summed E-state index contributed by atoms with van der Waals surface area (Å²) in [7, 11) is 0. The molecule has 88 valence electrons. The van der Waals surface area contributed by atoms with Gasteiger partial charge in [-0.15, -0.1) is 0 Å². The average molecular weight is 341 g/mol. The monoisotopic (exact) mass is 341 g/mol. The summed E-state index contributed by atoms with van der Waals surface area (Å²) in [5.74, 6) is 0.492. The van der Waals surface area contributed by atoms with Crippen LogP contribution in [0.3, 0.4) is 0 Å². The lowest BCUT2D eigenvalue weighted by atomic mass is 10.2. The fourth-order valence-electron chi connectivity index (χ4n) is 1.58. The van der Waals surface area contributed by atoms with Crippen molar-refractivity contribution < 1.29 is 9.21 Å². The first-order chi connectivity index (χ1) is 8.08. The fraction of sp³-hybridized carbons (Fsp3) is 0.154. The minimum atomic E-state index is -0.138. The number of hydrogen-bond donors (Lipinski definition) is 1. The first kappa shape index (κ1) is 12.2. The van der Waals surface area contributed by atoms with E-state index in [1.807, 2.05) is 25.1 Å². The zero-order chi connectivity index (χ0) is 12.4. The Balaban J connectivity index is 2.22. The fourth-order valence-corrected chi connectivity index (χ4v) is 2.22. The van der Waals surface area contributed by atoms with Crippen molar-refractivity contribution in [2.75, 3.05) is 5.32 Å².